The van der Waals surface area contributed by atoms with Gasteiger partial charge in [0.1, 0.15) is 28.5 Å². The highest BCUT2D eigenvalue weighted by Crippen LogP contribution is 2.38. The molecule has 190 valence electrons. The molecule has 2 N–H and O–H groups in total. The Morgan fingerprint density at radius 2 is 1.97 bits per heavy atom. The standard InChI is InChI=1S/C28H31N7O2/c1-3-29-28(36)35-14-12-34(13-15-35)24-11-10-19(17-30-24)25-27-22(32-33-25)16-23(37-2)26(31-27)21-9-5-7-18-6-4-8-20(18)21/h5,7,9-11,16-17H,3-4,6,8,12-15H2,1-2H3,(H,29,36)(H,32,33). The molecule has 3 aromatic heterocycles. The Morgan fingerprint density at radius 1 is 1.11 bits per heavy atom. The van der Waals surface area contributed by atoms with Crippen LogP contribution in [0.4, 0.5) is 10.6 Å². The van der Waals surface area contributed by atoms with Gasteiger partial charge in [-0.25, -0.2) is 14.8 Å². The lowest BCUT2D eigenvalue weighted by Crippen LogP contribution is -2.52. The number of carbonyl (C=O) groups is 1. The van der Waals surface area contributed by atoms with E-state index in [2.05, 4.69) is 38.6 Å². The SMILES string of the molecule is CCNC(=O)N1CCN(c2ccc(-c3n[nH]c4cc(OC)c(-c5cccc6c5CCC6)nc34)cn2)CC1. The lowest BCUT2D eigenvalue weighted by Gasteiger charge is -2.35. The molecular weight excluding hydrogens is 466 g/mol. The van der Waals surface area contributed by atoms with Gasteiger partial charge in [0, 0.05) is 56.1 Å². The predicted octanol–water partition coefficient (Wildman–Crippen LogP) is 4.04. The number of hydrogen-bond donors (Lipinski definition) is 2. The van der Waals surface area contributed by atoms with Crippen LogP contribution in [-0.2, 0) is 12.8 Å². The second-order valence-electron chi connectivity index (χ2n) is 9.52. The average Bonchev–Trinajstić information content (AvgIpc) is 3.59. The first-order chi connectivity index (χ1) is 18.2. The monoisotopic (exact) mass is 497 g/mol. The first-order valence-corrected chi connectivity index (χ1v) is 12.9. The number of pyridine rings is 2. The number of piperazine rings is 1. The summed E-state index contributed by atoms with van der Waals surface area (Å²) in [5.74, 6) is 1.64. The number of hydrogen-bond acceptors (Lipinski definition) is 6. The molecule has 1 aromatic carbocycles. The van der Waals surface area contributed by atoms with Crippen molar-refractivity contribution in [1.29, 1.82) is 0 Å². The normalized spacial score (nSPS) is 15.2. The quantitative estimate of drug-likeness (QED) is 0.432. The molecule has 6 rings (SSSR count). The number of amides is 2. The topological polar surface area (TPSA) is 99.3 Å². The Kier molecular flexibility index (Phi) is 6.12. The molecule has 1 fully saturated rings. The van der Waals surface area contributed by atoms with Crippen molar-refractivity contribution in [1.82, 2.24) is 30.4 Å². The summed E-state index contributed by atoms with van der Waals surface area (Å²) in [7, 11) is 1.69. The number of rotatable bonds is 5. The van der Waals surface area contributed by atoms with Crippen molar-refractivity contribution in [2.24, 2.45) is 0 Å². The summed E-state index contributed by atoms with van der Waals surface area (Å²) in [6, 6.07) is 12.5. The van der Waals surface area contributed by atoms with Gasteiger partial charge in [-0.3, -0.25) is 5.10 Å². The molecule has 37 heavy (non-hydrogen) atoms. The fourth-order valence-electron chi connectivity index (χ4n) is 5.44. The van der Waals surface area contributed by atoms with E-state index >= 15 is 0 Å². The van der Waals surface area contributed by atoms with Gasteiger partial charge in [-0.2, -0.15) is 5.10 Å². The van der Waals surface area contributed by atoms with Crippen LogP contribution in [-0.4, -0.2) is 70.9 Å². The lowest BCUT2D eigenvalue weighted by atomic mass is 9.99. The summed E-state index contributed by atoms with van der Waals surface area (Å²) in [6.45, 7) is 5.43. The highest BCUT2D eigenvalue weighted by Gasteiger charge is 2.23. The number of ether oxygens (including phenoxy) is 1. The number of methoxy groups -OCH3 is 1. The third kappa shape index (κ3) is 4.24. The van der Waals surface area contributed by atoms with Crippen molar-refractivity contribution in [2.75, 3.05) is 44.7 Å². The van der Waals surface area contributed by atoms with Crippen LogP contribution in [0.2, 0.25) is 0 Å². The third-order valence-corrected chi connectivity index (χ3v) is 7.36. The molecule has 0 atom stereocenters. The summed E-state index contributed by atoms with van der Waals surface area (Å²) in [5.41, 5.74) is 8.07. The molecule has 0 spiro atoms. The van der Waals surface area contributed by atoms with Crippen molar-refractivity contribution < 1.29 is 9.53 Å². The van der Waals surface area contributed by atoms with Gasteiger partial charge >= 0.3 is 6.03 Å². The van der Waals surface area contributed by atoms with E-state index in [0.29, 0.717) is 19.6 Å². The number of aromatic amines is 1. The zero-order valence-electron chi connectivity index (χ0n) is 21.3. The number of anilines is 1. The van der Waals surface area contributed by atoms with Crippen molar-refractivity contribution in [3.05, 3.63) is 53.7 Å². The Balaban J connectivity index is 1.28. The Hall–Kier alpha value is -4.14. The zero-order valence-corrected chi connectivity index (χ0v) is 21.3. The van der Waals surface area contributed by atoms with Crippen LogP contribution in [0.5, 0.6) is 5.75 Å². The minimum absolute atomic E-state index is 0.000162. The van der Waals surface area contributed by atoms with Crippen LogP contribution >= 0.6 is 0 Å². The molecule has 0 unspecified atom stereocenters. The molecule has 0 radical (unpaired) electrons. The molecule has 1 aliphatic heterocycles. The van der Waals surface area contributed by atoms with E-state index in [1.54, 1.807) is 7.11 Å². The van der Waals surface area contributed by atoms with E-state index < -0.39 is 0 Å². The summed E-state index contributed by atoms with van der Waals surface area (Å²) >= 11 is 0. The maximum absolute atomic E-state index is 12.1. The van der Waals surface area contributed by atoms with E-state index in [0.717, 1.165) is 71.0 Å². The number of nitrogens with one attached hydrogen (secondary N) is 2. The van der Waals surface area contributed by atoms with E-state index in [-0.39, 0.29) is 6.03 Å². The molecule has 4 aromatic rings. The highest BCUT2D eigenvalue weighted by atomic mass is 16.5. The van der Waals surface area contributed by atoms with E-state index in [9.17, 15) is 4.79 Å². The van der Waals surface area contributed by atoms with E-state index in [1.807, 2.05) is 36.2 Å². The van der Waals surface area contributed by atoms with Gasteiger partial charge in [0.2, 0.25) is 0 Å². The maximum atomic E-state index is 12.1. The maximum Gasteiger partial charge on any atom is 0.317 e. The summed E-state index contributed by atoms with van der Waals surface area (Å²) in [4.78, 5) is 26.0. The van der Waals surface area contributed by atoms with Gasteiger partial charge in [-0.05, 0) is 49.4 Å². The van der Waals surface area contributed by atoms with Gasteiger partial charge in [0.15, 0.2) is 0 Å². The molecule has 4 heterocycles. The number of nitrogens with zero attached hydrogens (tertiary/aromatic N) is 5. The van der Waals surface area contributed by atoms with Gasteiger partial charge < -0.3 is 19.9 Å². The van der Waals surface area contributed by atoms with Crippen LogP contribution in [0.3, 0.4) is 0 Å². The summed E-state index contributed by atoms with van der Waals surface area (Å²) < 4.78 is 5.74. The molecule has 1 aliphatic carbocycles. The number of carbonyl (C=O) groups excluding carboxylic acids is 1. The van der Waals surface area contributed by atoms with Crippen LogP contribution in [0.25, 0.3) is 33.5 Å². The molecule has 9 nitrogen and oxygen atoms in total. The van der Waals surface area contributed by atoms with Crippen LogP contribution in [0, 0.1) is 0 Å². The highest BCUT2D eigenvalue weighted by molar-refractivity contribution is 5.93. The van der Waals surface area contributed by atoms with E-state index in [1.165, 1.54) is 17.5 Å². The van der Waals surface area contributed by atoms with Crippen LogP contribution in [0.15, 0.2) is 42.6 Å². The van der Waals surface area contributed by atoms with E-state index in [4.69, 9.17) is 14.7 Å². The van der Waals surface area contributed by atoms with Crippen molar-refractivity contribution >= 4 is 22.9 Å². The van der Waals surface area contributed by atoms with Gasteiger partial charge in [-0.1, -0.05) is 18.2 Å². The molecule has 0 bridgehead atoms. The molecule has 2 aliphatic rings. The van der Waals surface area contributed by atoms with Gasteiger partial charge in [0.25, 0.3) is 0 Å². The lowest BCUT2D eigenvalue weighted by molar-refractivity contribution is 0.195. The van der Waals surface area contributed by atoms with Gasteiger partial charge in [-0.15, -0.1) is 0 Å². The average molecular weight is 498 g/mol. The number of H-pyrrole nitrogens is 1. The number of aromatic nitrogens is 4. The number of urea groups is 1. The molecular formula is C28H31N7O2. The van der Waals surface area contributed by atoms with Crippen molar-refractivity contribution in [2.45, 2.75) is 26.2 Å². The van der Waals surface area contributed by atoms with Crippen molar-refractivity contribution in [3.63, 3.8) is 0 Å². The number of fused-ring (bicyclic) bond motifs is 2. The largest absolute Gasteiger partial charge is 0.494 e. The van der Waals surface area contributed by atoms with Crippen molar-refractivity contribution in [3.8, 4) is 28.3 Å². The minimum atomic E-state index is -0.000162. The second kappa shape index (κ2) is 9.72. The van der Waals surface area contributed by atoms with Crippen LogP contribution < -0.4 is 15.0 Å². The predicted molar refractivity (Wildman–Crippen MR) is 144 cm³/mol. The number of benzene rings is 1. The Labute approximate surface area is 215 Å². The zero-order chi connectivity index (χ0) is 25.4. The second-order valence-corrected chi connectivity index (χ2v) is 9.52. The first-order valence-electron chi connectivity index (χ1n) is 12.9. The molecule has 2 amide bonds. The Bertz CT molecular complexity index is 1440. The minimum Gasteiger partial charge on any atom is -0.494 e. The fourth-order valence-corrected chi connectivity index (χ4v) is 5.44. The number of aryl methyl sites for hydroxylation is 1. The summed E-state index contributed by atoms with van der Waals surface area (Å²) in [6.07, 6.45) is 5.21. The molecule has 0 saturated carbocycles. The van der Waals surface area contributed by atoms with Gasteiger partial charge in [0.05, 0.1) is 12.6 Å². The summed E-state index contributed by atoms with van der Waals surface area (Å²) in [5, 5.41) is 10.6. The third-order valence-electron chi connectivity index (χ3n) is 7.36. The first kappa shape index (κ1) is 23.3. The van der Waals surface area contributed by atoms with Crippen LogP contribution in [0.1, 0.15) is 24.5 Å². The smallest absolute Gasteiger partial charge is 0.317 e. The molecule has 1 saturated heterocycles. The molecule has 9 heteroatoms. The fraction of sp³-hybridized carbons (Fsp3) is 0.357. The Morgan fingerprint density at radius 3 is 2.73 bits per heavy atom.